The molecule has 1 amide bonds. The number of methoxy groups -OCH3 is 1. The molecule has 2 aromatic rings. The molecule has 0 aromatic heterocycles. The minimum atomic E-state index is -5.21. The van der Waals surface area contributed by atoms with E-state index in [-0.39, 0.29) is 23.6 Å². The van der Waals surface area contributed by atoms with E-state index in [0.29, 0.717) is 24.3 Å². The third-order valence-corrected chi connectivity index (χ3v) is 6.98. The molecule has 0 aliphatic carbocycles. The normalized spacial score (nSPS) is 15.2. The predicted molar refractivity (Wildman–Crippen MR) is 128 cm³/mol. The lowest BCUT2D eigenvalue weighted by atomic mass is 9.95. The van der Waals surface area contributed by atoms with E-state index in [1.165, 1.54) is 0 Å². The largest absolute Gasteiger partial charge is 0.417 e. The summed E-state index contributed by atoms with van der Waals surface area (Å²) in [5.74, 6) is -6.99. The zero-order valence-electron chi connectivity index (χ0n) is 19.4. The molecule has 0 bridgehead atoms. The highest BCUT2D eigenvalue weighted by Crippen LogP contribution is 2.41. The van der Waals surface area contributed by atoms with Gasteiger partial charge in [-0.15, -0.1) is 0 Å². The number of alkyl halides is 6. The average molecular weight is 612 g/mol. The Labute approximate surface area is 224 Å². The number of rotatable bonds is 9. The van der Waals surface area contributed by atoms with Crippen molar-refractivity contribution in [1.29, 1.82) is 0 Å². The molecule has 0 saturated carbocycles. The fourth-order valence-electron chi connectivity index (χ4n) is 3.18. The first-order valence-corrected chi connectivity index (χ1v) is 12.7. The average Bonchev–Trinajstić information content (AvgIpc) is 2.83. The smallest absolute Gasteiger partial charge is 0.361 e. The van der Waals surface area contributed by atoms with Crippen molar-refractivity contribution >= 4 is 45.7 Å². The van der Waals surface area contributed by atoms with Crippen molar-refractivity contribution < 1.29 is 48.9 Å². The summed E-state index contributed by atoms with van der Waals surface area (Å²) in [6.45, 7) is 1.58. The molecule has 15 heteroatoms. The summed E-state index contributed by atoms with van der Waals surface area (Å²) in [4.78, 5) is 12.5. The molecule has 0 aliphatic rings. The van der Waals surface area contributed by atoms with Crippen LogP contribution in [0.5, 0.6) is 0 Å². The van der Waals surface area contributed by atoms with Crippen LogP contribution in [0.4, 0.5) is 35.1 Å². The number of amides is 1. The zero-order valence-corrected chi connectivity index (χ0v) is 21.8. The van der Waals surface area contributed by atoms with Gasteiger partial charge in [0.25, 0.3) is 5.91 Å². The van der Waals surface area contributed by atoms with E-state index >= 15 is 0 Å². The molecule has 2 rings (SSSR count). The van der Waals surface area contributed by atoms with Crippen molar-refractivity contribution in [1.82, 2.24) is 5.32 Å². The molecular weight excluding hydrogens is 593 g/mol. The third-order valence-electron chi connectivity index (χ3n) is 5.11. The van der Waals surface area contributed by atoms with Crippen molar-refractivity contribution in [3.63, 3.8) is 0 Å². The van der Waals surface area contributed by atoms with Crippen LogP contribution in [-0.2, 0) is 21.7 Å². The van der Waals surface area contributed by atoms with Gasteiger partial charge in [-0.25, -0.2) is 8.78 Å². The second-order valence-corrected chi connectivity index (χ2v) is 10.3. The summed E-state index contributed by atoms with van der Waals surface area (Å²) in [5.41, 5.74) is -4.29. The van der Waals surface area contributed by atoms with Crippen molar-refractivity contribution in [3.05, 3.63) is 74.5 Å². The number of benzene rings is 2. The molecule has 0 fully saturated rings. The van der Waals surface area contributed by atoms with Crippen molar-refractivity contribution in [2.24, 2.45) is 0 Å². The molecule has 0 saturated heterocycles. The Morgan fingerprint density at radius 2 is 1.68 bits per heavy atom. The second-order valence-electron chi connectivity index (χ2n) is 7.68. The predicted octanol–water partition coefficient (Wildman–Crippen LogP) is 7.28. The molecule has 1 N–H and O–H groups in total. The highest BCUT2D eigenvalue weighted by atomic mass is 35.5. The van der Waals surface area contributed by atoms with Gasteiger partial charge >= 0.3 is 12.4 Å². The van der Waals surface area contributed by atoms with E-state index in [1.54, 1.807) is 6.92 Å². The number of hydrogen-bond acceptors (Lipinski definition) is 3. The van der Waals surface area contributed by atoms with Crippen LogP contribution < -0.4 is 5.32 Å². The number of allylic oxidation sites excluding steroid dienone is 1. The molecule has 0 spiro atoms. The summed E-state index contributed by atoms with van der Waals surface area (Å²) < 4.78 is 127. The summed E-state index contributed by atoms with van der Waals surface area (Å²) in [7, 11) is -0.315. The Kier molecular flexibility index (Phi) is 10.7. The summed E-state index contributed by atoms with van der Waals surface area (Å²) in [6.07, 6.45) is -11.6. The van der Waals surface area contributed by atoms with E-state index < -0.39 is 85.1 Å². The quantitative estimate of drug-likeness (QED) is 0.184. The van der Waals surface area contributed by atoms with Crippen LogP contribution in [0.25, 0.3) is 5.83 Å². The molecule has 0 heterocycles. The third kappa shape index (κ3) is 8.14. The van der Waals surface area contributed by atoms with E-state index in [1.807, 2.05) is 0 Å². The Morgan fingerprint density at radius 3 is 2.16 bits per heavy atom. The first-order valence-electron chi connectivity index (χ1n) is 10.5. The number of carbonyl (C=O) groups excluding carboxylic acids is 1. The fraction of sp³-hybridized carbons (Fsp3) is 0.348. The molecule has 210 valence electrons. The Bertz CT molecular complexity index is 1210. The molecule has 4 nitrogen and oxygen atoms in total. The standard InChI is InChI=1S/C23H19Cl2F8NO3S/c1-3-38(36)10-19(37-2)34-21(35)13-5-4-11(6-15(13)23(31,32)33)18(26)9-14(22(28,29)30)12-7-16(24)20(27)17(25)8-12/h4-9,14,19H,3,10H2,1-2H3,(H,34,35)/b18-9-. The molecule has 38 heavy (non-hydrogen) atoms. The SMILES string of the molecule is CCS(=O)CC(NC(=O)c1ccc(/C(F)=C/C(c2cc(Cl)c(F)c(Cl)c2)C(F)(F)F)cc1C(F)(F)F)OC. The second kappa shape index (κ2) is 12.8. The number of hydrogen-bond donors (Lipinski definition) is 1. The van der Waals surface area contributed by atoms with Crippen LogP contribution in [0.1, 0.15) is 39.9 Å². The molecule has 3 unspecified atom stereocenters. The van der Waals surface area contributed by atoms with E-state index in [2.05, 4.69) is 5.32 Å². The molecule has 0 aliphatic heterocycles. The van der Waals surface area contributed by atoms with E-state index in [9.17, 15) is 44.1 Å². The Morgan fingerprint density at radius 1 is 1.11 bits per heavy atom. The maximum absolute atomic E-state index is 14.9. The lowest BCUT2D eigenvalue weighted by Crippen LogP contribution is -2.41. The minimum Gasteiger partial charge on any atom is -0.361 e. The highest BCUT2D eigenvalue weighted by molar-refractivity contribution is 7.84. The topological polar surface area (TPSA) is 55.4 Å². The van der Waals surface area contributed by atoms with Crippen LogP contribution in [0, 0.1) is 5.82 Å². The lowest BCUT2D eigenvalue weighted by Gasteiger charge is -2.20. The van der Waals surface area contributed by atoms with Crippen molar-refractivity contribution in [2.75, 3.05) is 18.6 Å². The van der Waals surface area contributed by atoms with Gasteiger partial charge in [0.05, 0.1) is 26.9 Å². The maximum atomic E-state index is 14.9. The van der Waals surface area contributed by atoms with Crippen LogP contribution in [-0.4, -0.2) is 41.1 Å². The zero-order chi connectivity index (χ0) is 29.0. The van der Waals surface area contributed by atoms with Crippen molar-refractivity contribution in [3.8, 4) is 0 Å². The van der Waals surface area contributed by atoms with Gasteiger partial charge in [-0.05, 0) is 35.9 Å². The number of carbonyl (C=O) groups is 1. The Hall–Kier alpha value is -2.22. The van der Waals surface area contributed by atoms with Crippen molar-refractivity contribution in [2.45, 2.75) is 31.4 Å². The van der Waals surface area contributed by atoms with Gasteiger partial charge in [0.2, 0.25) is 0 Å². The number of halogens is 10. The van der Waals surface area contributed by atoms with Gasteiger partial charge < -0.3 is 10.1 Å². The number of nitrogens with one attached hydrogen (secondary N) is 1. The van der Waals surface area contributed by atoms with Crippen LogP contribution in [0.2, 0.25) is 10.0 Å². The first-order chi connectivity index (χ1) is 17.5. The lowest BCUT2D eigenvalue weighted by molar-refractivity contribution is -0.140. The van der Waals surface area contributed by atoms with Gasteiger partial charge in [0, 0.05) is 29.2 Å². The maximum Gasteiger partial charge on any atom is 0.417 e. The number of ether oxygens (including phenoxy) is 1. The summed E-state index contributed by atoms with van der Waals surface area (Å²) in [5, 5.41) is 0.580. The van der Waals surface area contributed by atoms with Gasteiger partial charge in [-0.2, -0.15) is 26.3 Å². The Balaban J connectivity index is 2.53. The van der Waals surface area contributed by atoms with Crippen LogP contribution in [0.3, 0.4) is 0 Å². The van der Waals surface area contributed by atoms with Crippen LogP contribution >= 0.6 is 23.2 Å². The van der Waals surface area contributed by atoms with Gasteiger partial charge in [-0.3, -0.25) is 9.00 Å². The molecular formula is C23H19Cl2F8NO3S. The van der Waals surface area contributed by atoms with Gasteiger partial charge in [0.1, 0.15) is 18.0 Å². The minimum absolute atomic E-state index is 0.0177. The summed E-state index contributed by atoms with van der Waals surface area (Å²) >= 11 is 11.1. The van der Waals surface area contributed by atoms with Gasteiger partial charge in [-0.1, -0.05) is 36.2 Å². The first kappa shape index (κ1) is 32.0. The highest BCUT2D eigenvalue weighted by Gasteiger charge is 2.41. The van der Waals surface area contributed by atoms with E-state index in [4.69, 9.17) is 27.9 Å². The summed E-state index contributed by atoms with van der Waals surface area (Å²) in [6, 6.07) is 2.57. The fourth-order valence-corrected chi connectivity index (χ4v) is 4.48. The van der Waals surface area contributed by atoms with E-state index in [0.717, 1.165) is 7.11 Å². The van der Waals surface area contributed by atoms with Gasteiger partial charge in [0.15, 0.2) is 5.82 Å². The molecule has 3 atom stereocenters. The molecule has 0 radical (unpaired) electrons. The molecule has 2 aromatic carbocycles. The van der Waals surface area contributed by atoms with Crippen LogP contribution in [0.15, 0.2) is 36.4 Å². The monoisotopic (exact) mass is 611 g/mol.